The van der Waals surface area contributed by atoms with E-state index in [1.807, 2.05) is 43.3 Å². The molecule has 0 unspecified atom stereocenters. The number of carbonyl (C=O) groups excluding carboxylic acids is 1. The van der Waals surface area contributed by atoms with E-state index in [4.69, 9.17) is 4.74 Å². The number of amides is 1. The first-order chi connectivity index (χ1) is 11.7. The molecule has 0 aromatic heterocycles. The van der Waals surface area contributed by atoms with Crippen molar-refractivity contribution in [2.45, 2.75) is 46.5 Å². The van der Waals surface area contributed by atoms with Crippen LogP contribution >= 0.6 is 15.9 Å². The summed E-state index contributed by atoms with van der Waals surface area (Å²) in [6, 6.07) is 11.9. The number of anilines is 1. The summed E-state index contributed by atoms with van der Waals surface area (Å²) < 4.78 is 6.83. The zero-order valence-corrected chi connectivity index (χ0v) is 17.2. The number of para-hydroxylation sites is 1. The van der Waals surface area contributed by atoms with Crippen molar-refractivity contribution in [3.05, 3.63) is 57.6 Å². The van der Waals surface area contributed by atoms with E-state index in [-0.39, 0.29) is 17.9 Å². The third-order valence-electron chi connectivity index (χ3n) is 4.11. The summed E-state index contributed by atoms with van der Waals surface area (Å²) in [5.74, 6) is 0.595. The Morgan fingerprint density at radius 3 is 2.56 bits per heavy atom. The molecule has 0 heterocycles. The van der Waals surface area contributed by atoms with Gasteiger partial charge in [0.25, 0.3) is 5.91 Å². The summed E-state index contributed by atoms with van der Waals surface area (Å²) >= 11 is 3.50. The van der Waals surface area contributed by atoms with E-state index in [2.05, 4.69) is 48.9 Å². The van der Waals surface area contributed by atoms with Gasteiger partial charge in [-0.1, -0.05) is 61.8 Å². The molecule has 0 spiro atoms. The molecule has 0 aliphatic carbocycles. The molecular formula is C21H26BrNO2. The monoisotopic (exact) mass is 403 g/mol. The van der Waals surface area contributed by atoms with Crippen LogP contribution in [0.25, 0.3) is 0 Å². The van der Waals surface area contributed by atoms with Crippen molar-refractivity contribution in [2.75, 3.05) is 11.9 Å². The Kier molecular flexibility index (Phi) is 6.28. The van der Waals surface area contributed by atoms with E-state index in [0.717, 1.165) is 39.0 Å². The molecule has 25 heavy (non-hydrogen) atoms. The third kappa shape index (κ3) is 5.08. The highest BCUT2D eigenvalue weighted by molar-refractivity contribution is 9.10. The summed E-state index contributed by atoms with van der Waals surface area (Å²) in [5, 5.41) is 3.00. The number of benzene rings is 2. The van der Waals surface area contributed by atoms with Crippen LogP contribution in [0.4, 0.5) is 5.69 Å². The molecule has 1 N–H and O–H groups in total. The zero-order chi connectivity index (χ0) is 18.6. The smallest absolute Gasteiger partial charge is 0.262 e. The molecule has 0 aliphatic rings. The van der Waals surface area contributed by atoms with Crippen LogP contribution in [-0.4, -0.2) is 12.5 Å². The Bertz CT molecular complexity index is 763. The van der Waals surface area contributed by atoms with Crippen molar-refractivity contribution in [1.82, 2.24) is 0 Å². The molecule has 0 radical (unpaired) electrons. The minimum Gasteiger partial charge on any atom is -0.483 e. The minimum atomic E-state index is -0.147. The lowest BCUT2D eigenvalue weighted by atomic mass is 9.86. The highest BCUT2D eigenvalue weighted by atomic mass is 79.9. The van der Waals surface area contributed by atoms with Crippen molar-refractivity contribution >= 4 is 27.5 Å². The van der Waals surface area contributed by atoms with Crippen molar-refractivity contribution < 1.29 is 9.53 Å². The molecule has 0 saturated carbocycles. The lowest BCUT2D eigenvalue weighted by Crippen LogP contribution is -2.23. The summed E-state index contributed by atoms with van der Waals surface area (Å²) in [7, 11) is 0. The molecular weight excluding hydrogens is 378 g/mol. The fraction of sp³-hybridized carbons (Fsp3) is 0.381. The molecule has 134 valence electrons. The maximum Gasteiger partial charge on any atom is 0.262 e. The first-order valence-electron chi connectivity index (χ1n) is 8.53. The Morgan fingerprint density at radius 2 is 1.92 bits per heavy atom. The van der Waals surface area contributed by atoms with Crippen LogP contribution in [0.15, 0.2) is 40.9 Å². The van der Waals surface area contributed by atoms with Crippen LogP contribution in [0.1, 0.15) is 44.4 Å². The van der Waals surface area contributed by atoms with Crippen LogP contribution in [0.3, 0.4) is 0 Å². The standard InChI is InChI=1S/C21H26BrNO2/c1-6-15-9-7-8-14(2)20(15)23-19(24)13-25-18-11-10-16(22)12-17(18)21(3,4)5/h7-12H,6,13H2,1-5H3,(H,23,24). The highest BCUT2D eigenvalue weighted by Crippen LogP contribution is 2.33. The second-order valence-corrected chi connectivity index (χ2v) is 8.11. The van der Waals surface area contributed by atoms with E-state index < -0.39 is 0 Å². The first-order valence-corrected chi connectivity index (χ1v) is 9.33. The normalized spacial score (nSPS) is 11.3. The number of rotatable bonds is 5. The number of nitrogens with one attached hydrogen (secondary N) is 1. The van der Waals surface area contributed by atoms with Crippen LogP contribution in [0, 0.1) is 6.92 Å². The van der Waals surface area contributed by atoms with Gasteiger partial charge in [0.05, 0.1) is 0 Å². The minimum absolute atomic E-state index is 0.0117. The van der Waals surface area contributed by atoms with Crippen molar-refractivity contribution in [1.29, 1.82) is 0 Å². The largest absolute Gasteiger partial charge is 0.483 e. The summed E-state index contributed by atoms with van der Waals surface area (Å²) in [6.07, 6.45) is 0.874. The van der Waals surface area contributed by atoms with Crippen LogP contribution in [0.2, 0.25) is 0 Å². The molecule has 3 nitrogen and oxygen atoms in total. The van der Waals surface area contributed by atoms with Crippen LogP contribution < -0.4 is 10.1 Å². The molecule has 0 fully saturated rings. The summed E-state index contributed by atoms with van der Waals surface area (Å²) in [5.41, 5.74) is 4.09. The summed E-state index contributed by atoms with van der Waals surface area (Å²) in [4.78, 5) is 12.4. The average molecular weight is 404 g/mol. The van der Waals surface area contributed by atoms with E-state index in [1.54, 1.807) is 0 Å². The highest BCUT2D eigenvalue weighted by Gasteiger charge is 2.20. The average Bonchev–Trinajstić information content (AvgIpc) is 2.54. The molecule has 2 aromatic carbocycles. The van der Waals surface area contributed by atoms with Gasteiger partial charge >= 0.3 is 0 Å². The number of hydrogen-bond donors (Lipinski definition) is 1. The van der Waals surface area contributed by atoms with Gasteiger partial charge in [0.1, 0.15) is 5.75 Å². The second kappa shape index (κ2) is 8.05. The van der Waals surface area contributed by atoms with Gasteiger partial charge in [-0.2, -0.15) is 0 Å². The number of halogens is 1. The summed E-state index contributed by atoms with van der Waals surface area (Å²) in [6.45, 7) is 10.5. The SMILES string of the molecule is CCc1cccc(C)c1NC(=O)COc1ccc(Br)cc1C(C)(C)C. The van der Waals surface area contributed by atoms with Gasteiger partial charge in [0, 0.05) is 15.7 Å². The quantitative estimate of drug-likeness (QED) is 0.701. The van der Waals surface area contributed by atoms with Crippen LogP contribution in [0.5, 0.6) is 5.75 Å². The maximum absolute atomic E-state index is 12.4. The van der Waals surface area contributed by atoms with E-state index in [1.165, 1.54) is 0 Å². The number of ether oxygens (including phenoxy) is 1. The molecule has 2 rings (SSSR count). The van der Waals surface area contributed by atoms with Gasteiger partial charge in [-0.15, -0.1) is 0 Å². The van der Waals surface area contributed by atoms with Gasteiger partial charge in [-0.25, -0.2) is 0 Å². The second-order valence-electron chi connectivity index (χ2n) is 7.19. The fourth-order valence-electron chi connectivity index (χ4n) is 2.73. The van der Waals surface area contributed by atoms with Gasteiger partial charge in [0.15, 0.2) is 6.61 Å². The number of hydrogen-bond acceptors (Lipinski definition) is 2. The molecule has 0 bridgehead atoms. The number of aryl methyl sites for hydroxylation is 2. The molecule has 2 aromatic rings. The van der Waals surface area contributed by atoms with E-state index in [0.29, 0.717) is 0 Å². The molecule has 1 amide bonds. The predicted molar refractivity (Wildman–Crippen MR) is 108 cm³/mol. The van der Waals surface area contributed by atoms with Crippen molar-refractivity contribution in [2.24, 2.45) is 0 Å². The first kappa shape index (κ1) is 19.5. The lowest BCUT2D eigenvalue weighted by molar-refractivity contribution is -0.118. The van der Waals surface area contributed by atoms with E-state index >= 15 is 0 Å². The maximum atomic E-state index is 12.4. The topological polar surface area (TPSA) is 38.3 Å². The van der Waals surface area contributed by atoms with Crippen molar-refractivity contribution in [3.63, 3.8) is 0 Å². The third-order valence-corrected chi connectivity index (χ3v) is 4.61. The Balaban J connectivity index is 2.12. The Hall–Kier alpha value is -1.81. The Labute approximate surface area is 158 Å². The van der Waals surface area contributed by atoms with Gasteiger partial charge in [-0.05, 0) is 48.1 Å². The van der Waals surface area contributed by atoms with Gasteiger partial charge in [0.2, 0.25) is 0 Å². The predicted octanol–water partition coefficient (Wildman–Crippen LogP) is 5.63. The van der Waals surface area contributed by atoms with Crippen molar-refractivity contribution in [3.8, 4) is 5.75 Å². The van der Waals surface area contributed by atoms with Gasteiger partial charge < -0.3 is 10.1 Å². The fourth-order valence-corrected chi connectivity index (χ4v) is 3.10. The lowest BCUT2D eigenvalue weighted by Gasteiger charge is -2.23. The molecule has 0 saturated heterocycles. The van der Waals surface area contributed by atoms with E-state index in [9.17, 15) is 4.79 Å². The van der Waals surface area contributed by atoms with Crippen LogP contribution in [-0.2, 0) is 16.6 Å². The Morgan fingerprint density at radius 1 is 1.20 bits per heavy atom. The zero-order valence-electron chi connectivity index (χ0n) is 15.6. The molecule has 0 atom stereocenters. The van der Waals surface area contributed by atoms with Gasteiger partial charge in [-0.3, -0.25) is 4.79 Å². The molecule has 0 aliphatic heterocycles. The number of carbonyl (C=O) groups is 1. The molecule has 4 heteroatoms.